The number of thioether (sulfide) groups is 1. The Labute approximate surface area is 156 Å². The molecule has 0 radical (unpaired) electrons. The van der Waals surface area contributed by atoms with Crippen molar-refractivity contribution < 1.29 is 24.5 Å². The Hall–Kier alpha value is -1.58. The smallest absolute Gasteiger partial charge is 0.303 e. The second kappa shape index (κ2) is 8.00. The van der Waals surface area contributed by atoms with Gasteiger partial charge < -0.3 is 14.9 Å². The van der Waals surface area contributed by atoms with Crippen LogP contribution in [0.5, 0.6) is 11.5 Å². The predicted octanol–water partition coefficient (Wildman–Crippen LogP) is 3.23. The molecule has 6 nitrogen and oxygen atoms in total. The molecule has 0 spiro atoms. The number of halogens is 1. The number of ether oxygens (including phenoxy) is 1. The molecule has 1 heterocycles. The molecular formula is C15H14BrNO5S2. The first-order chi connectivity index (χ1) is 11.3. The van der Waals surface area contributed by atoms with Crippen LogP contribution in [0.2, 0.25) is 0 Å². The summed E-state index contributed by atoms with van der Waals surface area (Å²) in [6, 6.07) is 3.31. The summed E-state index contributed by atoms with van der Waals surface area (Å²) in [5.74, 6) is -1.00. The number of carboxylic acid groups (broad SMARTS) is 1. The highest BCUT2D eigenvalue weighted by Gasteiger charge is 2.32. The third-order valence-electron chi connectivity index (χ3n) is 3.27. The van der Waals surface area contributed by atoms with E-state index in [0.29, 0.717) is 31.4 Å². The second-order valence-electron chi connectivity index (χ2n) is 4.84. The van der Waals surface area contributed by atoms with E-state index in [0.717, 1.165) is 11.8 Å². The van der Waals surface area contributed by atoms with Crippen LogP contribution < -0.4 is 4.74 Å². The lowest BCUT2D eigenvalue weighted by atomic mass is 10.1. The Morgan fingerprint density at radius 2 is 2.21 bits per heavy atom. The summed E-state index contributed by atoms with van der Waals surface area (Å²) in [5, 5.41) is 18.9. The Morgan fingerprint density at radius 3 is 2.83 bits per heavy atom. The van der Waals surface area contributed by atoms with Crippen LogP contribution in [0.25, 0.3) is 6.08 Å². The number of nitrogens with zero attached hydrogens (tertiary/aromatic N) is 1. The number of benzene rings is 1. The minimum absolute atomic E-state index is 0.0294. The average molecular weight is 432 g/mol. The quantitative estimate of drug-likeness (QED) is 0.527. The fourth-order valence-corrected chi connectivity index (χ4v) is 3.80. The van der Waals surface area contributed by atoms with E-state index in [1.54, 1.807) is 18.2 Å². The molecule has 1 fully saturated rings. The van der Waals surface area contributed by atoms with Gasteiger partial charge in [-0.15, -0.1) is 0 Å². The number of hydrogen-bond acceptors (Lipinski definition) is 6. The fraction of sp³-hybridized carbons (Fsp3) is 0.267. The minimum Gasteiger partial charge on any atom is -0.504 e. The van der Waals surface area contributed by atoms with Crippen LogP contribution in [0.1, 0.15) is 18.4 Å². The molecule has 1 amide bonds. The predicted molar refractivity (Wildman–Crippen MR) is 99.1 cm³/mol. The molecule has 0 aromatic heterocycles. The van der Waals surface area contributed by atoms with Gasteiger partial charge in [0, 0.05) is 23.0 Å². The first-order valence-corrected chi connectivity index (χ1v) is 8.89. The molecule has 1 aliphatic heterocycles. The summed E-state index contributed by atoms with van der Waals surface area (Å²) >= 11 is 9.63. The van der Waals surface area contributed by atoms with E-state index < -0.39 is 5.97 Å². The van der Waals surface area contributed by atoms with Crippen molar-refractivity contribution in [3.63, 3.8) is 0 Å². The van der Waals surface area contributed by atoms with E-state index in [1.807, 2.05) is 0 Å². The van der Waals surface area contributed by atoms with Crippen LogP contribution in [0.15, 0.2) is 21.5 Å². The van der Waals surface area contributed by atoms with Crippen LogP contribution in [-0.2, 0) is 9.59 Å². The van der Waals surface area contributed by atoms with Crippen molar-refractivity contribution in [3.05, 3.63) is 27.1 Å². The van der Waals surface area contributed by atoms with Gasteiger partial charge in [-0.1, -0.05) is 39.9 Å². The Kier molecular flexibility index (Phi) is 6.25. The highest BCUT2D eigenvalue weighted by atomic mass is 79.9. The number of carbonyl (C=O) groups is 2. The molecule has 0 bridgehead atoms. The van der Waals surface area contributed by atoms with Crippen molar-refractivity contribution in [1.29, 1.82) is 0 Å². The standard InChI is InChI=1S/C15H14BrNO5S2/c1-22-10-5-4-9(16)8(13(10)20)7-11-14(21)17(15(23)24-11)6-2-3-12(18)19/h4-5,7,20H,2-3,6H2,1H3,(H,18,19). The van der Waals surface area contributed by atoms with Crippen LogP contribution in [-0.4, -0.2) is 45.0 Å². The highest BCUT2D eigenvalue weighted by molar-refractivity contribution is 9.10. The molecule has 9 heteroatoms. The molecule has 1 aliphatic rings. The molecule has 0 aliphatic carbocycles. The fourth-order valence-electron chi connectivity index (χ4n) is 2.08. The Bertz CT molecular complexity index is 735. The van der Waals surface area contributed by atoms with Gasteiger partial charge in [-0.2, -0.15) is 0 Å². The largest absolute Gasteiger partial charge is 0.504 e. The van der Waals surface area contributed by atoms with Crippen LogP contribution >= 0.6 is 39.9 Å². The number of carbonyl (C=O) groups excluding carboxylic acids is 1. The molecule has 2 rings (SSSR count). The maximum Gasteiger partial charge on any atom is 0.303 e. The van der Waals surface area contributed by atoms with Crippen molar-refractivity contribution in [2.75, 3.05) is 13.7 Å². The number of aliphatic carboxylic acids is 1. The van der Waals surface area contributed by atoms with Gasteiger partial charge in [0.15, 0.2) is 11.5 Å². The molecule has 0 saturated carbocycles. The molecule has 24 heavy (non-hydrogen) atoms. The van der Waals surface area contributed by atoms with Crippen molar-refractivity contribution >= 4 is 62.2 Å². The Balaban J connectivity index is 2.24. The number of phenolic OH excluding ortho intramolecular Hbond substituents is 1. The third-order valence-corrected chi connectivity index (χ3v) is 5.34. The number of aromatic hydroxyl groups is 1. The zero-order chi connectivity index (χ0) is 17.9. The number of carboxylic acids is 1. The van der Waals surface area contributed by atoms with E-state index in [-0.39, 0.29) is 24.6 Å². The van der Waals surface area contributed by atoms with Crippen LogP contribution in [0.4, 0.5) is 0 Å². The SMILES string of the molecule is COc1ccc(Br)c(C=C2SC(=S)N(CCCC(=O)O)C2=O)c1O. The van der Waals surface area contributed by atoms with Gasteiger partial charge in [0.1, 0.15) is 4.32 Å². The molecular weight excluding hydrogens is 418 g/mol. The normalized spacial score (nSPS) is 16.1. The lowest BCUT2D eigenvalue weighted by molar-refractivity contribution is -0.137. The number of methoxy groups -OCH3 is 1. The zero-order valence-electron chi connectivity index (χ0n) is 12.6. The van der Waals surface area contributed by atoms with Crippen molar-refractivity contribution in [2.24, 2.45) is 0 Å². The monoisotopic (exact) mass is 431 g/mol. The molecule has 128 valence electrons. The lowest BCUT2D eigenvalue weighted by Crippen LogP contribution is -2.29. The van der Waals surface area contributed by atoms with Gasteiger partial charge in [-0.3, -0.25) is 14.5 Å². The van der Waals surface area contributed by atoms with Gasteiger partial charge >= 0.3 is 5.97 Å². The minimum atomic E-state index is -0.916. The molecule has 1 aromatic carbocycles. The molecule has 1 aromatic rings. The summed E-state index contributed by atoms with van der Waals surface area (Å²) in [5.41, 5.74) is 0.417. The Morgan fingerprint density at radius 1 is 1.50 bits per heavy atom. The third kappa shape index (κ3) is 4.08. The molecule has 2 N–H and O–H groups in total. The van der Waals surface area contributed by atoms with E-state index in [1.165, 1.54) is 12.0 Å². The number of hydrogen-bond donors (Lipinski definition) is 2. The summed E-state index contributed by atoms with van der Waals surface area (Å²) in [7, 11) is 1.44. The number of rotatable bonds is 6. The number of thiocarbonyl (C=S) groups is 1. The number of amides is 1. The first-order valence-electron chi connectivity index (χ1n) is 6.87. The lowest BCUT2D eigenvalue weighted by Gasteiger charge is -2.13. The van der Waals surface area contributed by atoms with Gasteiger partial charge in [-0.25, -0.2) is 0 Å². The zero-order valence-corrected chi connectivity index (χ0v) is 15.8. The summed E-state index contributed by atoms with van der Waals surface area (Å²) in [6.45, 7) is 0.250. The molecule has 0 unspecified atom stereocenters. The average Bonchev–Trinajstić information content (AvgIpc) is 2.78. The van der Waals surface area contributed by atoms with Gasteiger partial charge in [0.25, 0.3) is 5.91 Å². The molecule has 0 atom stereocenters. The number of phenols is 1. The summed E-state index contributed by atoms with van der Waals surface area (Å²) < 4.78 is 6.04. The van der Waals surface area contributed by atoms with Crippen LogP contribution in [0, 0.1) is 0 Å². The van der Waals surface area contributed by atoms with Gasteiger partial charge in [0.2, 0.25) is 0 Å². The summed E-state index contributed by atoms with van der Waals surface area (Å²) in [6.07, 6.45) is 1.83. The van der Waals surface area contributed by atoms with E-state index in [9.17, 15) is 14.7 Å². The van der Waals surface area contributed by atoms with Gasteiger partial charge in [0.05, 0.1) is 12.0 Å². The topological polar surface area (TPSA) is 87.1 Å². The second-order valence-corrected chi connectivity index (χ2v) is 7.37. The maximum atomic E-state index is 12.4. The van der Waals surface area contributed by atoms with Crippen molar-refractivity contribution in [3.8, 4) is 11.5 Å². The first kappa shape index (κ1) is 18.8. The van der Waals surface area contributed by atoms with Crippen molar-refractivity contribution in [2.45, 2.75) is 12.8 Å². The van der Waals surface area contributed by atoms with E-state index in [4.69, 9.17) is 22.1 Å². The highest BCUT2D eigenvalue weighted by Crippen LogP contribution is 2.40. The van der Waals surface area contributed by atoms with E-state index >= 15 is 0 Å². The van der Waals surface area contributed by atoms with Crippen molar-refractivity contribution in [1.82, 2.24) is 4.90 Å². The van der Waals surface area contributed by atoms with Gasteiger partial charge in [-0.05, 0) is 24.6 Å². The van der Waals surface area contributed by atoms with E-state index in [2.05, 4.69) is 15.9 Å². The maximum absolute atomic E-state index is 12.4. The molecule has 1 saturated heterocycles. The van der Waals surface area contributed by atoms with Crippen LogP contribution in [0.3, 0.4) is 0 Å². The summed E-state index contributed by atoms with van der Waals surface area (Å²) in [4.78, 5) is 24.8.